The van der Waals surface area contributed by atoms with Gasteiger partial charge in [-0.25, -0.2) is 8.42 Å². The summed E-state index contributed by atoms with van der Waals surface area (Å²) >= 11 is 0. The van der Waals surface area contributed by atoms with Crippen LogP contribution in [0, 0.1) is 10.1 Å². The van der Waals surface area contributed by atoms with E-state index in [1.54, 1.807) is 9.80 Å². The van der Waals surface area contributed by atoms with Crippen LogP contribution in [0.4, 0.5) is 11.4 Å². The molecule has 21 heavy (non-hydrogen) atoms. The Labute approximate surface area is 122 Å². The normalized spacial score (nSPS) is 15.6. The minimum absolute atomic E-state index is 0.0485. The van der Waals surface area contributed by atoms with Crippen LogP contribution in [0.1, 0.15) is 6.92 Å². The van der Waals surface area contributed by atoms with Crippen LogP contribution in [-0.2, 0) is 14.6 Å². The minimum atomic E-state index is -3.53. The number of anilines is 1. The summed E-state index contributed by atoms with van der Waals surface area (Å²) in [7, 11) is -3.53. The van der Waals surface area contributed by atoms with Crippen molar-refractivity contribution in [2.45, 2.75) is 11.8 Å². The summed E-state index contributed by atoms with van der Waals surface area (Å²) in [6, 6.07) is 3.72. The lowest BCUT2D eigenvalue weighted by atomic mass is 10.2. The van der Waals surface area contributed by atoms with E-state index in [-0.39, 0.29) is 35.4 Å². The standard InChI is InChI=1S/C12H15N3O5S/c1-3-13-8-14(7-12(13)16)10-5-4-9(21(2,19)20)6-11(10)15(17)18/h4-6H,3,7-8H2,1-2H3. The van der Waals surface area contributed by atoms with E-state index in [0.29, 0.717) is 6.54 Å². The number of nitro benzene ring substituents is 1. The third-order valence-electron chi connectivity index (χ3n) is 3.31. The first-order chi connectivity index (χ1) is 9.74. The van der Waals surface area contributed by atoms with Crippen LogP contribution in [0.25, 0.3) is 0 Å². The third kappa shape index (κ3) is 2.97. The molecule has 9 heteroatoms. The maximum Gasteiger partial charge on any atom is 0.293 e. The molecular formula is C12H15N3O5S. The number of likely N-dealkylation sites (N-methyl/N-ethyl adjacent to an activating group) is 1. The van der Waals surface area contributed by atoms with Crippen LogP contribution in [0.3, 0.4) is 0 Å². The number of hydrogen-bond acceptors (Lipinski definition) is 6. The Kier molecular flexibility index (Phi) is 3.86. The van der Waals surface area contributed by atoms with Crippen LogP contribution in [0.2, 0.25) is 0 Å². The first-order valence-corrected chi connectivity index (χ1v) is 8.14. The van der Waals surface area contributed by atoms with Gasteiger partial charge in [0, 0.05) is 18.9 Å². The molecule has 0 radical (unpaired) electrons. The molecule has 0 N–H and O–H groups in total. The van der Waals surface area contributed by atoms with Gasteiger partial charge in [-0.2, -0.15) is 0 Å². The van der Waals surface area contributed by atoms with Crippen LogP contribution >= 0.6 is 0 Å². The Bertz CT molecular complexity index is 701. The van der Waals surface area contributed by atoms with E-state index in [4.69, 9.17) is 0 Å². The van der Waals surface area contributed by atoms with Crippen LogP contribution in [0.15, 0.2) is 23.1 Å². The molecule has 1 fully saturated rings. The van der Waals surface area contributed by atoms with Crippen molar-refractivity contribution in [2.75, 3.05) is 30.9 Å². The van der Waals surface area contributed by atoms with E-state index in [1.807, 2.05) is 6.92 Å². The molecule has 1 aromatic rings. The maximum atomic E-state index is 11.7. The second-order valence-corrected chi connectivity index (χ2v) is 6.78. The minimum Gasteiger partial charge on any atom is -0.339 e. The van der Waals surface area contributed by atoms with Gasteiger partial charge in [-0.15, -0.1) is 0 Å². The number of hydrogen-bond donors (Lipinski definition) is 0. The number of carbonyl (C=O) groups is 1. The zero-order valence-corrected chi connectivity index (χ0v) is 12.5. The Morgan fingerprint density at radius 3 is 2.52 bits per heavy atom. The van der Waals surface area contributed by atoms with Crippen molar-refractivity contribution in [3.63, 3.8) is 0 Å². The SMILES string of the molecule is CCN1CN(c2ccc(S(C)(=O)=O)cc2[N+](=O)[O-])CC1=O. The lowest BCUT2D eigenvalue weighted by Crippen LogP contribution is -2.27. The van der Waals surface area contributed by atoms with Gasteiger partial charge in [-0.3, -0.25) is 14.9 Å². The van der Waals surface area contributed by atoms with Gasteiger partial charge >= 0.3 is 0 Å². The summed E-state index contributed by atoms with van der Waals surface area (Å²) in [5.74, 6) is -0.112. The summed E-state index contributed by atoms with van der Waals surface area (Å²) in [6.45, 7) is 2.65. The fourth-order valence-corrected chi connectivity index (χ4v) is 2.82. The number of sulfone groups is 1. The predicted molar refractivity (Wildman–Crippen MR) is 75.8 cm³/mol. The molecule has 1 heterocycles. The molecular weight excluding hydrogens is 298 g/mol. The van der Waals surface area contributed by atoms with Gasteiger partial charge in [0.1, 0.15) is 5.69 Å². The quantitative estimate of drug-likeness (QED) is 0.597. The van der Waals surface area contributed by atoms with Gasteiger partial charge in [0.25, 0.3) is 5.69 Å². The van der Waals surface area contributed by atoms with Crippen molar-refractivity contribution < 1.29 is 18.1 Å². The fraction of sp³-hybridized carbons (Fsp3) is 0.417. The lowest BCUT2D eigenvalue weighted by Gasteiger charge is -2.18. The Hall–Kier alpha value is -2.16. The first-order valence-electron chi connectivity index (χ1n) is 6.25. The molecule has 1 saturated heterocycles. The summed E-state index contributed by atoms with van der Waals surface area (Å²) in [4.78, 5) is 25.3. The summed E-state index contributed by atoms with van der Waals surface area (Å²) in [6.07, 6.45) is 0.990. The van der Waals surface area contributed by atoms with E-state index in [1.165, 1.54) is 12.1 Å². The molecule has 0 unspecified atom stereocenters. The predicted octanol–water partition coefficient (Wildman–Crippen LogP) is 0.624. The summed E-state index contributed by atoms with van der Waals surface area (Å²) in [5, 5.41) is 11.2. The monoisotopic (exact) mass is 313 g/mol. The third-order valence-corrected chi connectivity index (χ3v) is 4.42. The zero-order chi connectivity index (χ0) is 15.8. The highest BCUT2D eigenvalue weighted by molar-refractivity contribution is 7.90. The number of nitrogens with zero attached hydrogens (tertiary/aromatic N) is 3. The molecule has 1 aliphatic rings. The second-order valence-electron chi connectivity index (χ2n) is 4.77. The summed E-state index contributed by atoms with van der Waals surface area (Å²) in [5.41, 5.74) is -0.0691. The van der Waals surface area contributed by atoms with Crippen molar-refractivity contribution in [3.05, 3.63) is 28.3 Å². The first kappa shape index (κ1) is 15.2. The van der Waals surface area contributed by atoms with Crippen LogP contribution < -0.4 is 4.90 Å². The average molecular weight is 313 g/mol. The molecule has 114 valence electrons. The zero-order valence-electron chi connectivity index (χ0n) is 11.6. The largest absolute Gasteiger partial charge is 0.339 e. The Morgan fingerprint density at radius 1 is 1.38 bits per heavy atom. The van der Waals surface area contributed by atoms with Crippen molar-refractivity contribution in [1.29, 1.82) is 0 Å². The highest BCUT2D eigenvalue weighted by Gasteiger charge is 2.31. The summed E-state index contributed by atoms with van der Waals surface area (Å²) < 4.78 is 23.0. The van der Waals surface area contributed by atoms with Gasteiger partial charge in [-0.1, -0.05) is 0 Å². The Balaban J connectivity index is 2.46. The molecule has 0 bridgehead atoms. The van der Waals surface area contributed by atoms with Crippen molar-refractivity contribution in [2.24, 2.45) is 0 Å². The molecule has 0 aromatic heterocycles. The van der Waals surface area contributed by atoms with E-state index in [2.05, 4.69) is 0 Å². The number of carbonyl (C=O) groups excluding carboxylic acids is 1. The van der Waals surface area contributed by atoms with E-state index in [0.717, 1.165) is 12.3 Å². The van der Waals surface area contributed by atoms with Gasteiger partial charge < -0.3 is 9.80 Å². The number of rotatable bonds is 4. The highest BCUT2D eigenvalue weighted by atomic mass is 32.2. The topological polar surface area (TPSA) is 101 Å². The molecule has 0 spiro atoms. The van der Waals surface area contributed by atoms with Gasteiger partial charge in [0.2, 0.25) is 5.91 Å². The molecule has 8 nitrogen and oxygen atoms in total. The molecule has 1 aliphatic heterocycles. The number of benzene rings is 1. The fourth-order valence-electron chi connectivity index (χ4n) is 2.18. The van der Waals surface area contributed by atoms with Gasteiger partial charge in [-0.05, 0) is 19.1 Å². The van der Waals surface area contributed by atoms with Crippen molar-refractivity contribution >= 4 is 27.1 Å². The molecule has 1 aromatic carbocycles. The average Bonchev–Trinajstić information content (AvgIpc) is 2.78. The van der Waals surface area contributed by atoms with E-state index < -0.39 is 14.8 Å². The molecule has 0 saturated carbocycles. The van der Waals surface area contributed by atoms with E-state index in [9.17, 15) is 23.3 Å². The highest BCUT2D eigenvalue weighted by Crippen LogP contribution is 2.32. The number of nitro groups is 1. The molecule has 2 rings (SSSR count). The van der Waals surface area contributed by atoms with Crippen molar-refractivity contribution in [1.82, 2.24) is 4.90 Å². The Morgan fingerprint density at radius 2 is 2.05 bits per heavy atom. The van der Waals surface area contributed by atoms with Crippen LogP contribution in [-0.4, -0.2) is 50.2 Å². The molecule has 0 atom stereocenters. The number of amides is 1. The molecule has 1 amide bonds. The van der Waals surface area contributed by atoms with Crippen LogP contribution in [0.5, 0.6) is 0 Å². The van der Waals surface area contributed by atoms with Gasteiger partial charge in [0.05, 0.1) is 23.0 Å². The van der Waals surface area contributed by atoms with E-state index >= 15 is 0 Å². The maximum absolute atomic E-state index is 11.7. The smallest absolute Gasteiger partial charge is 0.293 e. The lowest BCUT2D eigenvalue weighted by molar-refractivity contribution is -0.384. The second kappa shape index (κ2) is 5.32. The van der Waals surface area contributed by atoms with Gasteiger partial charge in [0.15, 0.2) is 9.84 Å². The molecule has 0 aliphatic carbocycles. The van der Waals surface area contributed by atoms with Crippen molar-refractivity contribution in [3.8, 4) is 0 Å².